The first-order valence-electron chi connectivity index (χ1n) is 11.0. The second kappa shape index (κ2) is 12.9. The van der Waals surface area contributed by atoms with Gasteiger partial charge in [0.2, 0.25) is 5.91 Å². The highest BCUT2D eigenvalue weighted by atomic mass is 35.5. The Labute approximate surface area is 204 Å². The third-order valence-corrected chi connectivity index (χ3v) is 6.65. The largest absolute Gasteiger partial charge is 0.491 e. The second-order valence-electron chi connectivity index (χ2n) is 7.88. The van der Waals surface area contributed by atoms with Gasteiger partial charge in [-0.05, 0) is 47.7 Å². The topological polar surface area (TPSA) is 62.2 Å². The third-order valence-electron chi connectivity index (χ3n) is 5.40. The number of hydrogen-bond acceptors (Lipinski definition) is 6. The number of rotatable bonds is 13. The van der Waals surface area contributed by atoms with Crippen LogP contribution >= 0.6 is 22.9 Å². The Balaban J connectivity index is 1.67. The van der Waals surface area contributed by atoms with Crippen molar-refractivity contribution in [3.8, 4) is 5.75 Å². The van der Waals surface area contributed by atoms with Gasteiger partial charge in [0.25, 0.3) is 0 Å². The molecule has 6 nitrogen and oxygen atoms in total. The number of fused-ring (bicyclic) bond motifs is 1. The van der Waals surface area contributed by atoms with Gasteiger partial charge in [0.1, 0.15) is 12.4 Å². The van der Waals surface area contributed by atoms with Crippen LogP contribution in [0.2, 0.25) is 5.02 Å². The molecule has 0 bridgehead atoms. The molecule has 8 heteroatoms. The maximum atomic E-state index is 13.4. The molecule has 1 N–H and O–H groups in total. The molecule has 2 atom stereocenters. The fourth-order valence-electron chi connectivity index (χ4n) is 3.89. The maximum Gasteiger partial charge on any atom is 0.237 e. The van der Waals surface area contributed by atoms with Gasteiger partial charge in [0.05, 0.1) is 31.9 Å². The highest BCUT2D eigenvalue weighted by molar-refractivity contribution is 7.10. The van der Waals surface area contributed by atoms with Crippen LogP contribution in [0.5, 0.6) is 5.75 Å². The Morgan fingerprint density at radius 2 is 2.09 bits per heavy atom. The fraction of sp³-hybridized carbons (Fsp3) is 0.400. The molecule has 0 spiro atoms. The molecule has 0 saturated carbocycles. The van der Waals surface area contributed by atoms with Crippen molar-refractivity contribution < 1.29 is 19.4 Å². The predicted molar refractivity (Wildman–Crippen MR) is 133 cm³/mol. The molecule has 0 aliphatic carbocycles. The van der Waals surface area contributed by atoms with E-state index in [9.17, 15) is 9.90 Å². The van der Waals surface area contributed by atoms with E-state index < -0.39 is 6.10 Å². The van der Waals surface area contributed by atoms with E-state index in [1.807, 2.05) is 21.9 Å². The Morgan fingerprint density at radius 3 is 2.82 bits per heavy atom. The molecule has 0 unspecified atom stereocenters. The summed E-state index contributed by atoms with van der Waals surface area (Å²) in [5.41, 5.74) is 1.14. The molecule has 0 saturated heterocycles. The average molecular weight is 491 g/mol. The van der Waals surface area contributed by atoms with Crippen LogP contribution < -0.4 is 4.74 Å². The summed E-state index contributed by atoms with van der Waals surface area (Å²) in [6.45, 7) is 9.94. The minimum absolute atomic E-state index is 0.00221. The standard InChI is InChI=1S/C25H31ClN2O4S/c1-3-11-27(15-20(29)17-31-13-4-2)16-25(30)28-12-9-24-22(10-14-33-24)23(28)18-32-21-7-5-19(26)6-8-21/h3-8,10,14,20,23,29H,1-2,9,11-13,15-18H2/t20-,23-/m1/s1. The van der Waals surface area contributed by atoms with Crippen molar-refractivity contribution in [2.75, 3.05) is 46.0 Å². The molecule has 1 amide bonds. The van der Waals surface area contributed by atoms with E-state index >= 15 is 0 Å². The molecule has 3 rings (SSSR count). The number of carbonyl (C=O) groups excluding carboxylic acids is 1. The summed E-state index contributed by atoms with van der Waals surface area (Å²) in [5.74, 6) is 0.711. The highest BCUT2D eigenvalue weighted by Crippen LogP contribution is 2.34. The van der Waals surface area contributed by atoms with Crippen LogP contribution in [0.4, 0.5) is 0 Å². The lowest BCUT2D eigenvalue weighted by molar-refractivity contribution is -0.136. The summed E-state index contributed by atoms with van der Waals surface area (Å²) in [6, 6.07) is 9.13. The van der Waals surface area contributed by atoms with Crippen molar-refractivity contribution in [1.82, 2.24) is 9.80 Å². The van der Waals surface area contributed by atoms with E-state index in [1.165, 1.54) is 4.88 Å². The van der Waals surface area contributed by atoms with Crippen molar-refractivity contribution in [3.05, 3.63) is 76.5 Å². The van der Waals surface area contributed by atoms with Gasteiger partial charge < -0.3 is 19.5 Å². The minimum Gasteiger partial charge on any atom is -0.491 e. The monoisotopic (exact) mass is 490 g/mol. The third kappa shape index (κ3) is 7.42. The zero-order valence-corrected chi connectivity index (χ0v) is 20.3. The number of thiophene rings is 1. The number of benzene rings is 1. The van der Waals surface area contributed by atoms with Crippen molar-refractivity contribution in [2.24, 2.45) is 0 Å². The molecule has 1 aromatic carbocycles. The average Bonchev–Trinajstić information content (AvgIpc) is 3.28. The lowest BCUT2D eigenvalue weighted by Crippen LogP contribution is -2.48. The van der Waals surface area contributed by atoms with E-state index in [2.05, 4.69) is 24.6 Å². The SMILES string of the molecule is C=CCOC[C@H](O)CN(CC=C)CC(=O)N1CCc2sccc2[C@H]1COc1ccc(Cl)cc1. The molecule has 178 valence electrons. The number of ether oxygens (including phenoxy) is 2. The zero-order valence-electron chi connectivity index (χ0n) is 18.7. The van der Waals surface area contributed by atoms with Crippen LogP contribution in [0.1, 0.15) is 16.5 Å². The molecule has 2 heterocycles. The molecule has 0 radical (unpaired) electrons. The number of aliphatic hydroxyl groups excluding tert-OH is 1. The van der Waals surface area contributed by atoms with Gasteiger partial charge in [-0.2, -0.15) is 0 Å². The van der Waals surface area contributed by atoms with Crippen molar-refractivity contribution >= 4 is 28.8 Å². The van der Waals surface area contributed by atoms with Crippen LogP contribution in [0.15, 0.2) is 61.0 Å². The summed E-state index contributed by atoms with van der Waals surface area (Å²) < 4.78 is 11.4. The molecular weight excluding hydrogens is 460 g/mol. The number of carbonyl (C=O) groups is 1. The second-order valence-corrected chi connectivity index (χ2v) is 9.32. The number of nitrogens with zero attached hydrogens (tertiary/aromatic N) is 2. The Bertz CT molecular complexity index is 917. The molecular formula is C25H31ClN2O4S. The molecule has 1 aliphatic rings. The summed E-state index contributed by atoms with van der Waals surface area (Å²) in [5, 5.41) is 13.0. The summed E-state index contributed by atoms with van der Waals surface area (Å²) >= 11 is 7.69. The number of amides is 1. The van der Waals surface area contributed by atoms with E-state index in [0.717, 1.165) is 12.0 Å². The van der Waals surface area contributed by atoms with Crippen molar-refractivity contribution in [2.45, 2.75) is 18.6 Å². The minimum atomic E-state index is -0.702. The maximum absolute atomic E-state index is 13.4. The van der Waals surface area contributed by atoms with Crippen LogP contribution in [0, 0.1) is 0 Å². The molecule has 33 heavy (non-hydrogen) atoms. The van der Waals surface area contributed by atoms with Crippen LogP contribution in [0.25, 0.3) is 0 Å². The first-order valence-corrected chi connectivity index (χ1v) is 12.2. The van der Waals surface area contributed by atoms with E-state index in [1.54, 1.807) is 35.6 Å². The molecule has 0 fully saturated rings. The lowest BCUT2D eigenvalue weighted by atomic mass is 10.0. The normalized spacial score (nSPS) is 16.3. The zero-order chi connectivity index (χ0) is 23.6. The number of aliphatic hydroxyl groups is 1. The Kier molecular flexibility index (Phi) is 9.96. The lowest BCUT2D eigenvalue weighted by Gasteiger charge is -2.37. The van der Waals surface area contributed by atoms with Gasteiger partial charge in [-0.15, -0.1) is 24.5 Å². The van der Waals surface area contributed by atoms with Gasteiger partial charge in [0, 0.05) is 29.5 Å². The number of halogens is 1. The van der Waals surface area contributed by atoms with Crippen LogP contribution in [-0.2, 0) is 16.0 Å². The van der Waals surface area contributed by atoms with Gasteiger partial charge in [-0.1, -0.05) is 23.8 Å². The predicted octanol–water partition coefficient (Wildman–Crippen LogP) is 3.96. The summed E-state index contributed by atoms with van der Waals surface area (Å²) in [7, 11) is 0. The van der Waals surface area contributed by atoms with Crippen molar-refractivity contribution in [3.63, 3.8) is 0 Å². The Hall–Kier alpha value is -2.16. The highest BCUT2D eigenvalue weighted by Gasteiger charge is 2.33. The van der Waals surface area contributed by atoms with Crippen molar-refractivity contribution in [1.29, 1.82) is 0 Å². The van der Waals surface area contributed by atoms with Gasteiger partial charge >= 0.3 is 0 Å². The van der Waals surface area contributed by atoms with Crippen LogP contribution in [0.3, 0.4) is 0 Å². The van der Waals surface area contributed by atoms with Gasteiger partial charge in [0.15, 0.2) is 0 Å². The van der Waals surface area contributed by atoms with E-state index in [0.29, 0.717) is 43.6 Å². The smallest absolute Gasteiger partial charge is 0.237 e. The molecule has 2 aromatic rings. The van der Waals surface area contributed by atoms with Crippen LogP contribution in [-0.4, -0.2) is 72.9 Å². The summed E-state index contributed by atoms with van der Waals surface area (Å²) in [4.78, 5) is 18.4. The summed E-state index contributed by atoms with van der Waals surface area (Å²) in [6.07, 6.45) is 3.50. The fourth-order valence-corrected chi connectivity index (χ4v) is 4.94. The first kappa shape index (κ1) is 25.5. The Morgan fingerprint density at radius 1 is 1.30 bits per heavy atom. The number of hydrogen-bond donors (Lipinski definition) is 1. The first-order chi connectivity index (χ1) is 16.0. The van der Waals surface area contributed by atoms with E-state index in [-0.39, 0.29) is 25.1 Å². The van der Waals surface area contributed by atoms with Gasteiger partial charge in [-0.25, -0.2) is 0 Å². The van der Waals surface area contributed by atoms with Gasteiger partial charge in [-0.3, -0.25) is 9.69 Å². The van der Waals surface area contributed by atoms with E-state index in [4.69, 9.17) is 21.1 Å². The molecule has 1 aromatic heterocycles. The quantitative estimate of drug-likeness (QED) is 0.340. The molecule has 1 aliphatic heterocycles.